The van der Waals surface area contributed by atoms with Gasteiger partial charge in [-0.2, -0.15) is 0 Å². The normalized spacial score (nSPS) is 13.9. The highest BCUT2D eigenvalue weighted by molar-refractivity contribution is 7.90. The molecule has 0 aromatic heterocycles. The molecule has 2 unspecified atom stereocenters. The summed E-state index contributed by atoms with van der Waals surface area (Å²) in [7, 11) is -1.42. The Balaban J connectivity index is 2.06. The third-order valence-corrected chi connectivity index (χ3v) is 5.74. The third kappa shape index (κ3) is 4.92. The number of nitrogens with zero attached hydrogens (tertiary/aromatic N) is 1. The maximum absolute atomic E-state index is 12.6. The van der Waals surface area contributed by atoms with E-state index in [1.165, 1.54) is 6.26 Å². The summed E-state index contributed by atoms with van der Waals surface area (Å²) in [6.45, 7) is 3.99. The molecule has 4 nitrogen and oxygen atoms in total. The average molecular weight is 359 g/mol. The Kier molecular flexibility index (Phi) is 6.01. The minimum Gasteiger partial charge on any atom is -0.339 e. The zero-order valence-corrected chi connectivity index (χ0v) is 16.0. The van der Waals surface area contributed by atoms with Crippen molar-refractivity contribution in [3.63, 3.8) is 0 Å². The van der Waals surface area contributed by atoms with Gasteiger partial charge >= 0.3 is 0 Å². The lowest BCUT2D eigenvalue weighted by Crippen LogP contribution is -2.30. The van der Waals surface area contributed by atoms with E-state index in [0.717, 1.165) is 11.1 Å². The largest absolute Gasteiger partial charge is 0.339 e. The summed E-state index contributed by atoms with van der Waals surface area (Å²) in [5.41, 5.74) is 2.06. The maximum Gasteiger partial charge on any atom is 0.223 e. The molecule has 0 saturated heterocycles. The van der Waals surface area contributed by atoms with E-state index in [4.69, 9.17) is 0 Å². The first kappa shape index (κ1) is 19.2. The number of benzene rings is 2. The molecule has 0 radical (unpaired) electrons. The van der Waals surface area contributed by atoms with Crippen LogP contribution >= 0.6 is 0 Å². The third-order valence-electron chi connectivity index (χ3n) is 4.61. The molecular formula is C20H25NO3S. The Hall–Kier alpha value is -2.14. The van der Waals surface area contributed by atoms with Crippen molar-refractivity contribution in [1.82, 2.24) is 4.90 Å². The van der Waals surface area contributed by atoms with Gasteiger partial charge in [-0.15, -0.1) is 0 Å². The second-order valence-electron chi connectivity index (χ2n) is 6.54. The van der Waals surface area contributed by atoms with Gasteiger partial charge in [0.25, 0.3) is 0 Å². The molecule has 0 heterocycles. The first-order chi connectivity index (χ1) is 11.7. The van der Waals surface area contributed by atoms with Gasteiger partial charge in [0, 0.05) is 19.7 Å². The molecule has 0 bridgehead atoms. The zero-order chi connectivity index (χ0) is 18.6. The molecule has 2 aromatic rings. The molecule has 134 valence electrons. The minimum absolute atomic E-state index is 0.0658. The number of hydrogen-bond donors (Lipinski definition) is 0. The van der Waals surface area contributed by atoms with Crippen LogP contribution in [0.25, 0.3) is 0 Å². The van der Waals surface area contributed by atoms with Crippen molar-refractivity contribution < 1.29 is 13.2 Å². The first-order valence-corrected chi connectivity index (χ1v) is 10.2. The average Bonchev–Trinajstić information content (AvgIpc) is 2.60. The Labute approximate surface area is 150 Å². The Morgan fingerprint density at radius 1 is 0.960 bits per heavy atom. The van der Waals surface area contributed by atoms with E-state index < -0.39 is 9.84 Å². The monoisotopic (exact) mass is 359 g/mol. The van der Waals surface area contributed by atoms with Crippen LogP contribution < -0.4 is 0 Å². The first-order valence-electron chi connectivity index (χ1n) is 8.30. The lowest BCUT2D eigenvalue weighted by Gasteiger charge is -2.27. The van der Waals surface area contributed by atoms with Crippen LogP contribution in [0.3, 0.4) is 0 Å². The fraction of sp³-hybridized carbons (Fsp3) is 0.350. The summed E-state index contributed by atoms with van der Waals surface area (Å²) < 4.78 is 23.1. The highest BCUT2D eigenvalue weighted by Crippen LogP contribution is 2.24. The molecule has 1 amide bonds. The summed E-state index contributed by atoms with van der Waals surface area (Å²) in [5, 5.41) is 0. The van der Waals surface area contributed by atoms with Gasteiger partial charge in [0.2, 0.25) is 5.91 Å². The van der Waals surface area contributed by atoms with Crippen LogP contribution in [-0.2, 0) is 14.6 Å². The molecule has 0 N–H and O–H groups in total. The molecule has 0 saturated carbocycles. The van der Waals surface area contributed by atoms with Gasteiger partial charge in [-0.25, -0.2) is 8.42 Å². The molecule has 0 fully saturated rings. The van der Waals surface area contributed by atoms with E-state index in [-0.39, 0.29) is 22.8 Å². The number of carbonyl (C=O) groups excluding carboxylic acids is 1. The lowest BCUT2D eigenvalue weighted by atomic mass is 9.97. The second kappa shape index (κ2) is 7.83. The molecule has 0 aliphatic carbocycles. The molecule has 2 rings (SSSR count). The highest BCUT2D eigenvalue weighted by atomic mass is 32.2. The van der Waals surface area contributed by atoms with Crippen LogP contribution in [0.1, 0.15) is 43.4 Å². The zero-order valence-electron chi connectivity index (χ0n) is 15.1. The second-order valence-corrected chi connectivity index (χ2v) is 8.55. The van der Waals surface area contributed by atoms with Crippen LogP contribution in [0.5, 0.6) is 0 Å². The van der Waals surface area contributed by atoms with E-state index in [0.29, 0.717) is 6.42 Å². The van der Waals surface area contributed by atoms with E-state index in [1.807, 2.05) is 44.2 Å². The van der Waals surface area contributed by atoms with Gasteiger partial charge in [0.1, 0.15) is 0 Å². The van der Waals surface area contributed by atoms with Gasteiger partial charge in [-0.3, -0.25) is 4.79 Å². The molecule has 5 heteroatoms. The van der Waals surface area contributed by atoms with Crippen molar-refractivity contribution in [2.75, 3.05) is 13.3 Å². The molecule has 0 spiro atoms. The molecule has 2 atom stereocenters. The van der Waals surface area contributed by atoms with Crippen molar-refractivity contribution in [3.8, 4) is 0 Å². The molecule has 0 aliphatic rings. The van der Waals surface area contributed by atoms with Crippen LogP contribution in [0.2, 0.25) is 0 Å². The quantitative estimate of drug-likeness (QED) is 0.788. The highest BCUT2D eigenvalue weighted by Gasteiger charge is 2.20. The number of rotatable bonds is 6. The standard InChI is InChI=1S/C20H25NO3S/c1-15(17-8-6-5-7-9-17)14-20(22)21(3)16(2)18-10-12-19(13-11-18)25(4,23)24/h5-13,15-16H,14H2,1-4H3. The van der Waals surface area contributed by atoms with Crippen LogP contribution in [0, 0.1) is 0 Å². The predicted octanol–water partition coefficient (Wildman–Crippen LogP) is 3.80. The maximum atomic E-state index is 12.6. The van der Waals surface area contributed by atoms with Crippen molar-refractivity contribution in [1.29, 1.82) is 0 Å². The fourth-order valence-electron chi connectivity index (χ4n) is 2.74. The molecule has 2 aromatic carbocycles. The number of hydrogen-bond acceptors (Lipinski definition) is 3. The summed E-state index contributed by atoms with van der Waals surface area (Å²) in [5.74, 6) is 0.215. The SMILES string of the molecule is CC(CC(=O)N(C)C(C)c1ccc(S(C)(=O)=O)cc1)c1ccccc1. The van der Waals surface area contributed by atoms with Gasteiger partial charge < -0.3 is 4.90 Å². The van der Waals surface area contributed by atoms with Crippen molar-refractivity contribution in [3.05, 3.63) is 65.7 Å². The van der Waals surface area contributed by atoms with Gasteiger partial charge in [0.15, 0.2) is 9.84 Å². The van der Waals surface area contributed by atoms with E-state index >= 15 is 0 Å². The topological polar surface area (TPSA) is 54.5 Å². The van der Waals surface area contributed by atoms with Crippen molar-refractivity contribution in [2.45, 2.75) is 37.1 Å². The summed E-state index contributed by atoms with van der Waals surface area (Å²) in [4.78, 5) is 14.6. The number of carbonyl (C=O) groups is 1. The van der Waals surface area contributed by atoms with Crippen LogP contribution in [0.15, 0.2) is 59.5 Å². The number of sulfone groups is 1. The predicted molar refractivity (Wildman–Crippen MR) is 100 cm³/mol. The van der Waals surface area contributed by atoms with Gasteiger partial charge in [-0.05, 0) is 36.1 Å². The molecule has 25 heavy (non-hydrogen) atoms. The minimum atomic E-state index is -3.21. The van der Waals surface area contributed by atoms with Gasteiger partial charge in [-0.1, -0.05) is 49.4 Å². The van der Waals surface area contributed by atoms with Gasteiger partial charge in [0.05, 0.1) is 10.9 Å². The van der Waals surface area contributed by atoms with E-state index in [2.05, 4.69) is 0 Å². The lowest BCUT2D eigenvalue weighted by molar-refractivity contribution is -0.132. The van der Waals surface area contributed by atoms with E-state index in [1.54, 1.807) is 36.2 Å². The fourth-order valence-corrected chi connectivity index (χ4v) is 3.37. The Morgan fingerprint density at radius 2 is 1.52 bits per heavy atom. The van der Waals surface area contributed by atoms with Crippen molar-refractivity contribution in [2.24, 2.45) is 0 Å². The van der Waals surface area contributed by atoms with E-state index in [9.17, 15) is 13.2 Å². The van der Waals surface area contributed by atoms with Crippen LogP contribution in [0.4, 0.5) is 0 Å². The summed E-state index contributed by atoms with van der Waals surface area (Å²) >= 11 is 0. The molecular weight excluding hydrogens is 334 g/mol. The number of amides is 1. The van der Waals surface area contributed by atoms with Crippen LogP contribution in [-0.4, -0.2) is 32.5 Å². The van der Waals surface area contributed by atoms with Crippen molar-refractivity contribution >= 4 is 15.7 Å². The smallest absolute Gasteiger partial charge is 0.223 e. The summed E-state index contributed by atoms with van der Waals surface area (Å²) in [6, 6.07) is 16.6. The summed E-state index contributed by atoms with van der Waals surface area (Å²) in [6.07, 6.45) is 1.62. The molecule has 0 aliphatic heterocycles. The Morgan fingerprint density at radius 3 is 2.04 bits per heavy atom. The Bertz CT molecular complexity index is 814.